The second kappa shape index (κ2) is 8.28. The first kappa shape index (κ1) is 20.1. The van der Waals surface area contributed by atoms with E-state index >= 15 is 0 Å². The molecule has 0 aliphatic rings. The van der Waals surface area contributed by atoms with E-state index in [1.807, 2.05) is 60.2 Å². The molecule has 0 spiro atoms. The van der Waals surface area contributed by atoms with Gasteiger partial charge in [0, 0.05) is 22.6 Å². The molecular formula is C23H21FN4OS. The Balaban J connectivity index is 1.55. The maximum atomic E-state index is 13.3. The first-order valence-electron chi connectivity index (χ1n) is 9.52. The van der Waals surface area contributed by atoms with Gasteiger partial charge in [-0.1, -0.05) is 30.0 Å². The lowest BCUT2D eigenvalue weighted by Gasteiger charge is -2.10. The summed E-state index contributed by atoms with van der Waals surface area (Å²) in [5.41, 5.74) is 5.35. The van der Waals surface area contributed by atoms with Crippen molar-refractivity contribution in [3.8, 4) is 11.4 Å². The second-order valence-corrected chi connectivity index (χ2v) is 8.02. The fourth-order valence-electron chi connectivity index (χ4n) is 3.56. The van der Waals surface area contributed by atoms with Gasteiger partial charge in [0.05, 0.1) is 11.4 Å². The largest absolute Gasteiger partial charge is 0.318 e. The van der Waals surface area contributed by atoms with Gasteiger partial charge in [0.2, 0.25) is 0 Å². The molecule has 0 radical (unpaired) electrons. The number of para-hydroxylation sites is 1. The summed E-state index contributed by atoms with van der Waals surface area (Å²) in [6, 6.07) is 16.1. The monoisotopic (exact) mass is 420 g/mol. The van der Waals surface area contributed by atoms with Crippen LogP contribution in [0.15, 0.2) is 66.1 Å². The zero-order valence-corrected chi connectivity index (χ0v) is 17.8. The van der Waals surface area contributed by atoms with Crippen molar-refractivity contribution in [2.75, 3.05) is 5.75 Å². The fraction of sp³-hybridized carbons (Fsp3) is 0.174. The number of carbonyl (C=O) groups excluding carboxylic acids is 1. The molecule has 30 heavy (non-hydrogen) atoms. The average molecular weight is 421 g/mol. The van der Waals surface area contributed by atoms with Crippen molar-refractivity contribution in [2.45, 2.75) is 25.9 Å². The van der Waals surface area contributed by atoms with Crippen molar-refractivity contribution in [3.63, 3.8) is 0 Å². The third kappa shape index (κ3) is 3.80. The van der Waals surface area contributed by atoms with Gasteiger partial charge in [-0.2, -0.15) is 0 Å². The molecular weight excluding hydrogens is 399 g/mol. The highest BCUT2D eigenvalue weighted by Crippen LogP contribution is 2.25. The number of aryl methyl sites for hydroxylation is 2. The normalized spacial score (nSPS) is 11.1. The molecule has 0 saturated carbocycles. The van der Waals surface area contributed by atoms with Crippen molar-refractivity contribution < 1.29 is 9.18 Å². The fourth-order valence-corrected chi connectivity index (χ4v) is 4.37. The molecule has 4 aromatic rings. The predicted molar refractivity (Wildman–Crippen MR) is 116 cm³/mol. The summed E-state index contributed by atoms with van der Waals surface area (Å²) in [5.74, 6) is -0.0226. The van der Waals surface area contributed by atoms with Crippen LogP contribution in [0.2, 0.25) is 0 Å². The molecule has 2 heterocycles. The Hall–Kier alpha value is -3.19. The van der Waals surface area contributed by atoms with Crippen LogP contribution in [0.3, 0.4) is 0 Å². The minimum Gasteiger partial charge on any atom is -0.318 e. The van der Waals surface area contributed by atoms with Gasteiger partial charge in [-0.3, -0.25) is 9.36 Å². The number of nitrogens with zero attached hydrogens (tertiary/aromatic N) is 4. The summed E-state index contributed by atoms with van der Waals surface area (Å²) in [4.78, 5) is 13.0. The second-order valence-electron chi connectivity index (χ2n) is 7.08. The molecule has 0 saturated heterocycles. The lowest BCUT2D eigenvalue weighted by Crippen LogP contribution is -2.07. The Kier molecular flexibility index (Phi) is 5.55. The molecule has 0 N–H and O–H groups in total. The van der Waals surface area contributed by atoms with Gasteiger partial charge in [-0.25, -0.2) is 4.39 Å². The van der Waals surface area contributed by atoms with Crippen LogP contribution in [0.5, 0.6) is 0 Å². The number of thioether (sulfide) groups is 1. The van der Waals surface area contributed by atoms with Gasteiger partial charge in [-0.15, -0.1) is 10.2 Å². The smallest absolute Gasteiger partial charge is 0.196 e. The van der Waals surface area contributed by atoms with E-state index in [0.29, 0.717) is 10.7 Å². The van der Waals surface area contributed by atoms with Gasteiger partial charge >= 0.3 is 0 Å². The molecule has 0 fully saturated rings. The molecule has 0 aliphatic heterocycles. The molecule has 0 amide bonds. The van der Waals surface area contributed by atoms with Crippen molar-refractivity contribution >= 4 is 17.5 Å². The Labute approximate surface area is 178 Å². The summed E-state index contributed by atoms with van der Waals surface area (Å²) < 4.78 is 17.1. The summed E-state index contributed by atoms with van der Waals surface area (Å²) >= 11 is 1.36. The van der Waals surface area contributed by atoms with Gasteiger partial charge in [-0.05, 0) is 62.7 Å². The first-order chi connectivity index (χ1) is 14.5. The summed E-state index contributed by atoms with van der Waals surface area (Å²) in [7, 11) is 0. The third-order valence-corrected chi connectivity index (χ3v) is 5.98. The minimum absolute atomic E-state index is 0.0146. The van der Waals surface area contributed by atoms with E-state index in [9.17, 15) is 9.18 Å². The highest BCUT2D eigenvalue weighted by molar-refractivity contribution is 7.99. The van der Waals surface area contributed by atoms with Crippen LogP contribution in [0.1, 0.15) is 27.3 Å². The zero-order valence-electron chi connectivity index (χ0n) is 17.0. The zero-order chi connectivity index (χ0) is 21.3. The van der Waals surface area contributed by atoms with E-state index in [1.165, 1.54) is 23.9 Å². The highest BCUT2D eigenvalue weighted by atomic mass is 32.2. The van der Waals surface area contributed by atoms with Crippen molar-refractivity contribution in [1.82, 2.24) is 19.3 Å². The molecule has 5 nitrogen and oxygen atoms in total. The Morgan fingerprint density at radius 1 is 1.07 bits per heavy atom. The third-order valence-electron chi connectivity index (χ3n) is 5.04. The van der Waals surface area contributed by atoms with E-state index in [0.717, 1.165) is 28.3 Å². The maximum Gasteiger partial charge on any atom is 0.196 e. The van der Waals surface area contributed by atoms with Crippen LogP contribution < -0.4 is 0 Å². The molecule has 7 heteroatoms. The number of halogens is 1. The first-order valence-corrected chi connectivity index (χ1v) is 10.5. The topological polar surface area (TPSA) is 52.7 Å². The van der Waals surface area contributed by atoms with E-state index in [4.69, 9.17) is 0 Å². The maximum absolute atomic E-state index is 13.3. The number of benzene rings is 2. The lowest BCUT2D eigenvalue weighted by atomic mass is 10.2. The van der Waals surface area contributed by atoms with Crippen molar-refractivity contribution in [2.24, 2.45) is 0 Å². The molecule has 0 aliphatic carbocycles. The van der Waals surface area contributed by atoms with Crippen molar-refractivity contribution in [3.05, 3.63) is 89.3 Å². The Bertz CT molecular complexity index is 1210. The highest BCUT2D eigenvalue weighted by Gasteiger charge is 2.18. The number of hydrogen-bond donors (Lipinski definition) is 0. The number of hydrogen-bond acceptors (Lipinski definition) is 4. The molecule has 2 aromatic heterocycles. The number of rotatable bonds is 6. The quantitative estimate of drug-likeness (QED) is 0.322. The van der Waals surface area contributed by atoms with Crippen molar-refractivity contribution in [1.29, 1.82) is 0 Å². The Morgan fingerprint density at radius 2 is 1.80 bits per heavy atom. The van der Waals surface area contributed by atoms with E-state index in [1.54, 1.807) is 18.5 Å². The van der Waals surface area contributed by atoms with Gasteiger partial charge < -0.3 is 4.57 Å². The number of ketones is 1. The minimum atomic E-state index is -0.285. The molecule has 0 unspecified atom stereocenters. The van der Waals surface area contributed by atoms with Gasteiger partial charge in [0.25, 0.3) is 0 Å². The molecule has 2 aromatic carbocycles. The SMILES string of the molecule is Cc1ccccc1-n1cnnc1SCC(=O)c1cc(C)n(-c2ccc(F)cc2)c1C. The average Bonchev–Trinajstić information content (AvgIpc) is 3.31. The summed E-state index contributed by atoms with van der Waals surface area (Å²) in [6.45, 7) is 5.87. The molecule has 0 bridgehead atoms. The summed E-state index contributed by atoms with van der Waals surface area (Å²) in [6.07, 6.45) is 1.66. The molecule has 4 rings (SSSR count). The Morgan fingerprint density at radius 3 is 2.53 bits per heavy atom. The number of Topliss-reactive ketones (excluding diaryl/α,β-unsaturated/α-hetero) is 1. The summed E-state index contributed by atoms with van der Waals surface area (Å²) in [5, 5.41) is 8.87. The van der Waals surface area contributed by atoms with Crippen LogP contribution in [0, 0.1) is 26.6 Å². The number of aromatic nitrogens is 4. The molecule has 152 valence electrons. The van der Waals surface area contributed by atoms with Crippen LogP contribution in [0.25, 0.3) is 11.4 Å². The van der Waals surface area contributed by atoms with E-state index in [2.05, 4.69) is 10.2 Å². The van der Waals surface area contributed by atoms with Gasteiger partial charge in [0.1, 0.15) is 12.1 Å². The van der Waals surface area contributed by atoms with Gasteiger partial charge in [0.15, 0.2) is 10.9 Å². The predicted octanol–water partition coefficient (Wildman–Crippen LogP) is 5.10. The van der Waals surface area contributed by atoms with E-state index in [-0.39, 0.29) is 17.4 Å². The van der Waals surface area contributed by atoms with Crippen LogP contribution in [0.4, 0.5) is 4.39 Å². The lowest BCUT2D eigenvalue weighted by molar-refractivity contribution is 0.102. The van der Waals surface area contributed by atoms with Crippen LogP contribution in [-0.4, -0.2) is 30.9 Å². The standard InChI is InChI=1S/C23H21FN4OS/c1-15-6-4-5-7-21(15)27-14-25-26-23(27)30-13-22(29)20-12-16(2)28(17(20)3)19-10-8-18(24)9-11-19/h4-12,14H,13H2,1-3H3. The molecule has 0 atom stereocenters. The van der Waals surface area contributed by atoms with Crippen LogP contribution >= 0.6 is 11.8 Å². The van der Waals surface area contributed by atoms with Crippen LogP contribution in [-0.2, 0) is 0 Å². The van der Waals surface area contributed by atoms with E-state index < -0.39 is 0 Å². The number of carbonyl (C=O) groups is 1.